The minimum atomic E-state index is -1.71. The molecule has 0 aromatic carbocycles. The smallest absolute Gasteiger partial charge is 0.326 e. The fraction of sp³-hybridized carbons (Fsp3) is 0.769. The Morgan fingerprint density at radius 2 is 1.14 bits per heavy atom. The van der Waals surface area contributed by atoms with Crippen LogP contribution in [0.2, 0.25) is 0 Å². The van der Waals surface area contributed by atoms with Gasteiger partial charge in [-0.05, 0) is 95.9 Å². The molecule has 3 rings (SSSR count). The van der Waals surface area contributed by atoms with Gasteiger partial charge in [0.25, 0.3) is 0 Å². The lowest BCUT2D eigenvalue weighted by Gasteiger charge is -2.43. The first-order chi connectivity index (χ1) is 39.0. The maximum Gasteiger partial charge on any atom is 0.326 e. The molecule has 0 radical (unpaired) electrons. The molecule has 31 nitrogen and oxygen atoms in total. The van der Waals surface area contributed by atoms with Gasteiger partial charge in [0, 0.05) is 32.9 Å². The average Bonchev–Trinajstić information content (AvgIpc) is 4.26. The zero-order chi connectivity index (χ0) is 62.4. The standard InChI is InChI=1S/C52H87N11O20/c1-25(2)21-32(46(75)57-29(14-16-38(67)68)44(73)56-30(15-17-39(69)70)45(74)60-33(51(80)81)22-26(3)4)59-47(76)34-12-9-19-62(34)50(79)35-13-10-20-63(35)49(78)31(11-7-8-18-53)58-48(77)40(61-37(66)23-54)27(5)82-52-41(55-28(6)65)43(72)42(71)36(24-64)83-52/h25-27,29-36,40-43,52,64,71-72H,7-24,53-54H2,1-6H3,(H,55,65)(H,56,73)(H,57,75)(H,58,77)(H,59,76)(H,60,74)(H,61,66)(H,67,68)(H,69,70)(H,80,81)/t27-,29+,30+,31+,32+,33+,34+,35+,36-,40+,41-,42+,43-,52+/m1/s1. The van der Waals surface area contributed by atoms with Crippen molar-refractivity contribution >= 4 is 71.1 Å². The molecule has 3 heterocycles. The van der Waals surface area contributed by atoms with E-state index in [-0.39, 0.29) is 63.6 Å². The predicted molar refractivity (Wildman–Crippen MR) is 289 cm³/mol. The second kappa shape index (κ2) is 34.2. The summed E-state index contributed by atoms with van der Waals surface area (Å²) in [5.41, 5.74) is 11.4. The zero-order valence-corrected chi connectivity index (χ0v) is 47.9. The van der Waals surface area contributed by atoms with Crippen LogP contribution in [0.25, 0.3) is 0 Å². The van der Waals surface area contributed by atoms with E-state index in [2.05, 4.69) is 37.2 Å². The van der Waals surface area contributed by atoms with Crippen LogP contribution in [-0.2, 0) is 67.0 Å². The number of amides is 9. The summed E-state index contributed by atoms with van der Waals surface area (Å²) in [6.45, 7) is 8.30. The molecule has 0 aromatic heterocycles. The molecule has 470 valence electrons. The summed E-state index contributed by atoms with van der Waals surface area (Å²) in [5.74, 6) is -12.2. The Kier molecular flexibility index (Phi) is 29.1. The van der Waals surface area contributed by atoms with Crippen LogP contribution in [-0.4, -0.2) is 229 Å². The highest BCUT2D eigenvalue weighted by atomic mass is 16.7. The number of nitrogens with two attached hydrogens (primary N) is 2. The second-order valence-electron chi connectivity index (χ2n) is 22.0. The molecule has 31 heteroatoms. The van der Waals surface area contributed by atoms with Crippen LogP contribution in [0.4, 0.5) is 0 Å². The number of aliphatic carboxylic acids is 3. The normalized spacial score (nSPS) is 23.1. The van der Waals surface area contributed by atoms with Gasteiger partial charge in [0.05, 0.1) is 19.3 Å². The number of hydrogen-bond acceptors (Lipinski definition) is 19. The number of ether oxygens (including phenoxy) is 2. The molecule has 17 N–H and O–H groups in total. The van der Waals surface area contributed by atoms with E-state index in [1.165, 1.54) is 16.7 Å². The van der Waals surface area contributed by atoms with Crippen molar-refractivity contribution in [1.82, 2.24) is 47.0 Å². The summed E-state index contributed by atoms with van der Waals surface area (Å²) in [7, 11) is 0. The summed E-state index contributed by atoms with van der Waals surface area (Å²) >= 11 is 0. The highest BCUT2D eigenvalue weighted by Crippen LogP contribution is 2.28. The minimum Gasteiger partial charge on any atom is -0.481 e. The van der Waals surface area contributed by atoms with Crippen LogP contribution in [0.3, 0.4) is 0 Å². The summed E-state index contributed by atoms with van der Waals surface area (Å²) in [5, 5.41) is 77.1. The second-order valence-corrected chi connectivity index (χ2v) is 22.0. The molecule has 14 atom stereocenters. The van der Waals surface area contributed by atoms with E-state index in [9.17, 15) is 88.2 Å². The van der Waals surface area contributed by atoms with Crippen molar-refractivity contribution in [3.05, 3.63) is 0 Å². The van der Waals surface area contributed by atoms with Crippen LogP contribution in [0.15, 0.2) is 0 Å². The number of aliphatic hydroxyl groups is 3. The number of carboxylic acid groups (broad SMARTS) is 3. The average molecular weight is 1190 g/mol. The van der Waals surface area contributed by atoms with E-state index in [0.717, 1.165) is 6.92 Å². The van der Waals surface area contributed by atoms with Gasteiger partial charge in [-0.15, -0.1) is 0 Å². The number of nitrogens with one attached hydrogen (secondary N) is 7. The Labute approximate surface area is 480 Å². The molecule has 0 bridgehead atoms. The Morgan fingerprint density at radius 3 is 1.65 bits per heavy atom. The minimum absolute atomic E-state index is 0.00371. The number of unbranched alkanes of at least 4 members (excludes halogenated alkanes) is 1. The first-order valence-electron chi connectivity index (χ1n) is 28.1. The van der Waals surface area contributed by atoms with Crippen molar-refractivity contribution < 1.29 is 97.6 Å². The van der Waals surface area contributed by atoms with Crippen molar-refractivity contribution in [2.75, 3.05) is 32.8 Å². The van der Waals surface area contributed by atoms with Gasteiger partial charge >= 0.3 is 17.9 Å². The molecule has 0 spiro atoms. The third-order valence-corrected chi connectivity index (χ3v) is 14.3. The lowest BCUT2D eigenvalue weighted by atomic mass is 9.96. The zero-order valence-electron chi connectivity index (χ0n) is 47.9. The fourth-order valence-corrected chi connectivity index (χ4v) is 10.1. The Hall–Kier alpha value is -6.64. The van der Waals surface area contributed by atoms with Crippen LogP contribution >= 0.6 is 0 Å². The van der Waals surface area contributed by atoms with Gasteiger partial charge in [0.2, 0.25) is 53.2 Å². The highest BCUT2D eigenvalue weighted by Gasteiger charge is 2.48. The molecular weight excluding hydrogens is 1100 g/mol. The number of carbonyl (C=O) groups is 12. The fourth-order valence-electron chi connectivity index (χ4n) is 10.1. The highest BCUT2D eigenvalue weighted by molar-refractivity contribution is 5.98. The number of carbonyl (C=O) groups excluding carboxylic acids is 9. The lowest BCUT2D eigenvalue weighted by Crippen LogP contribution is -2.66. The molecule has 3 saturated heterocycles. The van der Waals surface area contributed by atoms with Gasteiger partial charge < -0.3 is 98.6 Å². The molecule has 0 aliphatic carbocycles. The van der Waals surface area contributed by atoms with Gasteiger partial charge in [0.15, 0.2) is 6.29 Å². The van der Waals surface area contributed by atoms with Gasteiger partial charge in [-0.25, -0.2) is 4.79 Å². The molecule has 9 amide bonds. The van der Waals surface area contributed by atoms with Gasteiger partial charge in [0.1, 0.15) is 72.7 Å². The monoisotopic (exact) mass is 1190 g/mol. The number of aliphatic hydroxyl groups excluding tert-OH is 3. The van der Waals surface area contributed by atoms with E-state index in [4.69, 9.17) is 20.9 Å². The Balaban J connectivity index is 1.87. The largest absolute Gasteiger partial charge is 0.481 e. The van der Waals surface area contributed by atoms with Crippen LogP contribution in [0.5, 0.6) is 0 Å². The topological polar surface area (TPSA) is 487 Å². The number of likely N-dealkylation sites (tertiary alicyclic amines) is 2. The van der Waals surface area contributed by atoms with Crippen molar-refractivity contribution in [2.24, 2.45) is 23.3 Å². The maximum atomic E-state index is 14.7. The van der Waals surface area contributed by atoms with E-state index in [1.54, 1.807) is 27.7 Å². The molecule has 0 unspecified atom stereocenters. The number of rotatable bonds is 34. The third kappa shape index (κ3) is 21.8. The number of carboxylic acids is 3. The first-order valence-corrected chi connectivity index (χ1v) is 28.1. The van der Waals surface area contributed by atoms with Gasteiger partial charge in [-0.2, -0.15) is 0 Å². The molecule has 3 aliphatic rings. The predicted octanol–water partition coefficient (Wildman–Crippen LogP) is -4.78. The maximum absolute atomic E-state index is 14.7. The molecule has 3 fully saturated rings. The van der Waals surface area contributed by atoms with E-state index < -0.39 is 195 Å². The summed E-state index contributed by atoms with van der Waals surface area (Å²) in [6.07, 6.45) is -8.47. The van der Waals surface area contributed by atoms with Crippen LogP contribution < -0.4 is 48.7 Å². The molecule has 0 aromatic rings. The van der Waals surface area contributed by atoms with Crippen molar-refractivity contribution in [3.8, 4) is 0 Å². The first kappa shape index (κ1) is 70.6. The van der Waals surface area contributed by atoms with Crippen LogP contribution in [0.1, 0.15) is 125 Å². The van der Waals surface area contributed by atoms with Gasteiger partial charge in [-0.3, -0.25) is 52.7 Å². The van der Waals surface area contributed by atoms with Crippen molar-refractivity contribution in [3.63, 3.8) is 0 Å². The van der Waals surface area contributed by atoms with E-state index >= 15 is 0 Å². The molecular formula is C52H87N11O20. The number of nitrogens with zero attached hydrogens (tertiary/aromatic N) is 2. The SMILES string of the molecule is CC(=O)N[C@H]1[C@@H](O[C@H](C)[C@H](NC(=O)CN)C(=O)N[C@@H](CCCCN)C(=O)N2CCC[C@H]2C(=O)N2CCC[C@H]2C(=O)N[C@@H](CC(C)C)C(=O)N[C@@H](CCC(=O)O)C(=O)N[C@@H](CCC(=O)O)C(=O)N[C@@H](CC(C)C)C(=O)O)O[C@H](CO)[C@H](O)[C@@H]1O. The van der Waals surface area contributed by atoms with Gasteiger partial charge in [-0.1, -0.05) is 27.7 Å². The molecule has 3 aliphatic heterocycles. The third-order valence-electron chi connectivity index (χ3n) is 14.3. The Morgan fingerprint density at radius 1 is 0.627 bits per heavy atom. The van der Waals surface area contributed by atoms with Crippen LogP contribution in [0, 0.1) is 11.8 Å². The van der Waals surface area contributed by atoms with Crippen molar-refractivity contribution in [1.29, 1.82) is 0 Å². The Bertz CT molecular complexity index is 2280. The quantitative estimate of drug-likeness (QED) is 0.0269. The summed E-state index contributed by atoms with van der Waals surface area (Å²) < 4.78 is 11.6. The number of hydrogen-bond donors (Lipinski definition) is 15. The van der Waals surface area contributed by atoms with Crippen molar-refractivity contribution in [2.45, 2.75) is 210 Å². The van der Waals surface area contributed by atoms with E-state index in [1.807, 2.05) is 0 Å². The lowest BCUT2D eigenvalue weighted by molar-refractivity contribution is -0.281. The molecule has 0 saturated carbocycles. The summed E-state index contributed by atoms with van der Waals surface area (Å²) in [6, 6.07) is -12.8. The molecule has 83 heavy (non-hydrogen) atoms. The summed E-state index contributed by atoms with van der Waals surface area (Å²) in [4.78, 5) is 162. The van der Waals surface area contributed by atoms with E-state index in [0.29, 0.717) is 25.7 Å².